The van der Waals surface area contributed by atoms with Crippen molar-refractivity contribution in [2.75, 3.05) is 5.32 Å². The van der Waals surface area contributed by atoms with E-state index in [1.807, 2.05) is 61.5 Å². The zero-order valence-corrected chi connectivity index (χ0v) is 10.8. The molecule has 0 saturated heterocycles. The van der Waals surface area contributed by atoms with Crippen LogP contribution in [0.1, 0.15) is 24.5 Å². The third-order valence-corrected chi connectivity index (χ3v) is 2.61. The van der Waals surface area contributed by atoms with E-state index in [-0.39, 0.29) is 5.91 Å². The Morgan fingerprint density at radius 2 is 1.53 bits per heavy atom. The van der Waals surface area contributed by atoms with Crippen LogP contribution in [0, 0.1) is 11.8 Å². The van der Waals surface area contributed by atoms with E-state index in [1.165, 1.54) is 0 Å². The number of amides is 1. The van der Waals surface area contributed by atoms with Crippen molar-refractivity contribution < 1.29 is 4.79 Å². The number of rotatable bonds is 2. The predicted molar refractivity (Wildman–Crippen MR) is 77.8 cm³/mol. The first kappa shape index (κ1) is 12.9. The topological polar surface area (TPSA) is 29.1 Å². The van der Waals surface area contributed by atoms with E-state index >= 15 is 0 Å². The molecule has 0 atom stereocenters. The number of benzene rings is 2. The molecule has 0 heterocycles. The molecule has 2 heteroatoms. The van der Waals surface area contributed by atoms with Gasteiger partial charge in [0.1, 0.15) is 0 Å². The summed E-state index contributed by atoms with van der Waals surface area (Å²) in [6.45, 7) is 1.83. The maximum atomic E-state index is 11.2. The van der Waals surface area contributed by atoms with Crippen LogP contribution in [-0.2, 0) is 4.79 Å². The second kappa shape index (κ2) is 6.42. The van der Waals surface area contributed by atoms with Crippen LogP contribution < -0.4 is 5.32 Å². The van der Waals surface area contributed by atoms with Crippen LogP contribution >= 0.6 is 0 Å². The van der Waals surface area contributed by atoms with Gasteiger partial charge in [-0.3, -0.25) is 4.79 Å². The fraction of sp³-hybridized carbons (Fsp3) is 0.118. The minimum absolute atomic E-state index is 0.0168. The van der Waals surface area contributed by atoms with Gasteiger partial charge in [0.05, 0.1) is 0 Å². The highest BCUT2D eigenvalue weighted by Crippen LogP contribution is 2.09. The minimum Gasteiger partial charge on any atom is -0.326 e. The molecule has 0 saturated carbocycles. The number of carbonyl (C=O) groups is 1. The van der Waals surface area contributed by atoms with E-state index in [0.29, 0.717) is 6.42 Å². The number of anilines is 1. The van der Waals surface area contributed by atoms with Gasteiger partial charge in [0, 0.05) is 23.2 Å². The SMILES string of the molecule is CCC(=O)Nc1ccc(C#Cc2ccccc2)cc1. The van der Waals surface area contributed by atoms with Crippen LogP contribution in [0.3, 0.4) is 0 Å². The Morgan fingerprint density at radius 3 is 2.11 bits per heavy atom. The van der Waals surface area contributed by atoms with Crippen molar-refractivity contribution in [3.63, 3.8) is 0 Å². The van der Waals surface area contributed by atoms with Crippen molar-refractivity contribution >= 4 is 11.6 Å². The van der Waals surface area contributed by atoms with Crippen LogP contribution in [-0.4, -0.2) is 5.91 Å². The molecule has 0 bridgehead atoms. The van der Waals surface area contributed by atoms with Gasteiger partial charge in [0.2, 0.25) is 5.91 Å². The van der Waals surface area contributed by atoms with Crippen LogP contribution in [0.25, 0.3) is 0 Å². The molecule has 0 aromatic heterocycles. The van der Waals surface area contributed by atoms with Gasteiger partial charge in [-0.2, -0.15) is 0 Å². The molecule has 2 nitrogen and oxygen atoms in total. The predicted octanol–water partition coefficient (Wildman–Crippen LogP) is 3.43. The van der Waals surface area contributed by atoms with Crippen molar-refractivity contribution in [3.05, 3.63) is 65.7 Å². The lowest BCUT2D eigenvalue weighted by molar-refractivity contribution is -0.115. The van der Waals surface area contributed by atoms with E-state index in [0.717, 1.165) is 16.8 Å². The van der Waals surface area contributed by atoms with E-state index in [4.69, 9.17) is 0 Å². The molecular weight excluding hydrogens is 234 g/mol. The first-order chi connectivity index (χ1) is 9.28. The van der Waals surface area contributed by atoms with Gasteiger partial charge in [0.25, 0.3) is 0 Å². The zero-order valence-electron chi connectivity index (χ0n) is 10.8. The van der Waals surface area contributed by atoms with Gasteiger partial charge in [-0.15, -0.1) is 0 Å². The smallest absolute Gasteiger partial charge is 0.224 e. The molecule has 2 aromatic rings. The van der Waals surface area contributed by atoms with Crippen LogP contribution in [0.5, 0.6) is 0 Å². The maximum Gasteiger partial charge on any atom is 0.224 e. The van der Waals surface area contributed by atoms with Crippen molar-refractivity contribution in [2.45, 2.75) is 13.3 Å². The number of hydrogen-bond acceptors (Lipinski definition) is 1. The van der Waals surface area contributed by atoms with Gasteiger partial charge < -0.3 is 5.32 Å². The second-order valence-electron chi connectivity index (χ2n) is 4.10. The summed E-state index contributed by atoms with van der Waals surface area (Å²) in [5.41, 5.74) is 2.72. The molecule has 19 heavy (non-hydrogen) atoms. The summed E-state index contributed by atoms with van der Waals surface area (Å²) in [6, 6.07) is 17.4. The monoisotopic (exact) mass is 249 g/mol. The fourth-order valence-corrected chi connectivity index (χ4v) is 1.55. The normalized spacial score (nSPS) is 9.32. The third kappa shape index (κ3) is 4.01. The third-order valence-electron chi connectivity index (χ3n) is 2.61. The summed E-state index contributed by atoms with van der Waals surface area (Å²) >= 11 is 0. The Labute approximate surface area is 113 Å². The molecule has 0 fully saturated rings. The lowest BCUT2D eigenvalue weighted by Crippen LogP contribution is -2.09. The second-order valence-corrected chi connectivity index (χ2v) is 4.10. The van der Waals surface area contributed by atoms with Crippen LogP contribution in [0.4, 0.5) is 5.69 Å². The molecular formula is C17H15NO. The van der Waals surface area contributed by atoms with Crippen molar-refractivity contribution in [1.29, 1.82) is 0 Å². The Balaban J connectivity index is 2.07. The number of nitrogens with one attached hydrogen (secondary N) is 1. The standard InChI is InChI=1S/C17H15NO/c1-2-17(19)18-16-12-10-15(11-13-16)9-8-14-6-4-3-5-7-14/h3-7,10-13H,2H2,1H3,(H,18,19). The molecule has 0 aliphatic heterocycles. The van der Waals surface area contributed by atoms with Crippen LogP contribution in [0.2, 0.25) is 0 Å². The summed E-state index contributed by atoms with van der Waals surface area (Å²) in [5.74, 6) is 6.20. The molecule has 1 N–H and O–H groups in total. The Hall–Kier alpha value is -2.53. The van der Waals surface area contributed by atoms with E-state index in [1.54, 1.807) is 0 Å². The average molecular weight is 249 g/mol. The quantitative estimate of drug-likeness (QED) is 0.812. The maximum absolute atomic E-state index is 11.2. The molecule has 0 aliphatic rings. The van der Waals surface area contributed by atoms with E-state index in [9.17, 15) is 4.79 Å². The molecule has 0 unspecified atom stereocenters. The van der Waals surface area contributed by atoms with Gasteiger partial charge in [0.15, 0.2) is 0 Å². The summed E-state index contributed by atoms with van der Waals surface area (Å²) in [6.07, 6.45) is 0.482. The number of carbonyl (C=O) groups excluding carboxylic acids is 1. The summed E-state index contributed by atoms with van der Waals surface area (Å²) < 4.78 is 0. The van der Waals surface area contributed by atoms with Gasteiger partial charge in [-0.1, -0.05) is 37.0 Å². The summed E-state index contributed by atoms with van der Waals surface area (Å²) in [5, 5.41) is 2.81. The average Bonchev–Trinajstić information content (AvgIpc) is 2.47. The highest BCUT2D eigenvalue weighted by atomic mass is 16.1. The Kier molecular flexibility index (Phi) is 4.36. The minimum atomic E-state index is 0.0168. The van der Waals surface area contributed by atoms with Gasteiger partial charge in [-0.05, 0) is 36.4 Å². The lowest BCUT2D eigenvalue weighted by atomic mass is 10.1. The fourth-order valence-electron chi connectivity index (χ4n) is 1.55. The van der Waals surface area contributed by atoms with E-state index < -0.39 is 0 Å². The zero-order chi connectivity index (χ0) is 13.5. The van der Waals surface area contributed by atoms with Crippen LogP contribution in [0.15, 0.2) is 54.6 Å². The highest BCUT2D eigenvalue weighted by Gasteiger charge is 1.97. The van der Waals surface area contributed by atoms with Crippen molar-refractivity contribution in [1.82, 2.24) is 0 Å². The summed E-state index contributed by atoms with van der Waals surface area (Å²) in [7, 11) is 0. The molecule has 0 radical (unpaired) electrons. The molecule has 2 aromatic carbocycles. The lowest BCUT2D eigenvalue weighted by Gasteiger charge is -2.02. The Bertz CT molecular complexity index is 603. The largest absolute Gasteiger partial charge is 0.326 e. The molecule has 0 spiro atoms. The highest BCUT2D eigenvalue weighted by molar-refractivity contribution is 5.90. The van der Waals surface area contributed by atoms with Gasteiger partial charge >= 0.3 is 0 Å². The first-order valence-electron chi connectivity index (χ1n) is 6.25. The molecule has 0 aliphatic carbocycles. The van der Waals surface area contributed by atoms with Gasteiger partial charge in [-0.25, -0.2) is 0 Å². The summed E-state index contributed by atoms with van der Waals surface area (Å²) in [4.78, 5) is 11.2. The number of hydrogen-bond donors (Lipinski definition) is 1. The van der Waals surface area contributed by atoms with Crippen molar-refractivity contribution in [2.24, 2.45) is 0 Å². The molecule has 94 valence electrons. The molecule has 1 amide bonds. The van der Waals surface area contributed by atoms with E-state index in [2.05, 4.69) is 17.2 Å². The first-order valence-corrected chi connectivity index (χ1v) is 6.25. The molecule has 2 rings (SSSR count). The Morgan fingerprint density at radius 1 is 0.947 bits per heavy atom. The van der Waals surface area contributed by atoms with Crippen molar-refractivity contribution in [3.8, 4) is 11.8 Å².